The normalized spacial score (nSPS) is 10.6. The second kappa shape index (κ2) is 9.32. The smallest absolute Gasteiger partial charge is 0.276 e. The summed E-state index contributed by atoms with van der Waals surface area (Å²) in [4.78, 5) is 0. The van der Waals surface area contributed by atoms with Crippen LogP contribution in [0.1, 0.15) is 0 Å². The van der Waals surface area contributed by atoms with E-state index < -0.39 is 0 Å². The number of ether oxygens (including phenoxy) is 4. The van der Waals surface area contributed by atoms with Gasteiger partial charge in [0.1, 0.15) is 11.6 Å². The quantitative estimate of drug-likeness (QED) is 0.389. The molecule has 0 fully saturated rings. The van der Waals surface area contributed by atoms with Crippen LogP contribution in [0.2, 0.25) is 0 Å². The highest BCUT2D eigenvalue weighted by atomic mass is 32.2. The summed E-state index contributed by atoms with van der Waals surface area (Å²) in [5.74, 6) is 2.71. The van der Waals surface area contributed by atoms with Crippen LogP contribution in [-0.4, -0.2) is 43.9 Å². The predicted octanol–water partition coefficient (Wildman–Crippen LogP) is 4.07. The zero-order valence-electron chi connectivity index (χ0n) is 15.6. The molecule has 0 aliphatic carbocycles. The summed E-state index contributed by atoms with van der Waals surface area (Å²) >= 11 is 1.36. The van der Waals surface area contributed by atoms with E-state index >= 15 is 0 Å². The number of benzene rings is 2. The largest absolute Gasteiger partial charge is 0.493 e. The Balaban J connectivity index is 1.63. The molecule has 1 heterocycles. The number of methoxy groups -OCH3 is 3. The Morgan fingerprint density at radius 1 is 0.964 bits per heavy atom. The van der Waals surface area contributed by atoms with Crippen LogP contribution in [0.3, 0.4) is 0 Å². The Morgan fingerprint density at radius 3 is 2.25 bits per heavy atom. The van der Waals surface area contributed by atoms with Crippen molar-refractivity contribution in [2.75, 3.05) is 33.7 Å². The molecule has 9 heteroatoms. The fraction of sp³-hybridized carbons (Fsp3) is 0.263. The predicted molar refractivity (Wildman–Crippen MR) is 102 cm³/mol. The van der Waals surface area contributed by atoms with Gasteiger partial charge in [0.25, 0.3) is 5.22 Å². The molecule has 0 amide bonds. The van der Waals surface area contributed by atoms with E-state index in [0.717, 1.165) is 0 Å². The lowest BCUT2D eigenvalue weighted by molar-refractivity contribution is 0.324. The van der Waals surface area contributed by atoms with Crippen molar-refractivity contribution in [1.29, 1.82) is 0 Å². The van der Waals surface area contributed by atoms with Crippen LogP contribution in [0.25, 0.3) is 11.5 Å². The van der Waals surface area contributed by atoms with Crippen molar-refractivity contribution in [2.45, 2.75) is 5.22 Å². The highest BCUT2D eigenvalue weighted by Crippen LogP contribution is 2.41. The Kier molecular flexibility index (Phi) is 6.59. The number of halogens is 1. The van der Waals surface area contributed by atoms with Gasteiger partial charge in [-0.05, 0) is 36.4 Å². The maximum atomic E-state index is 12.9. The number of rotatable bonds is 9. The molecule has 0 bridgehead atoms. The van der Waals surface area contributed by atoms with Gasteiger partial charge in [0, 0.05) is 11.3 Å². The standard InChI is InChI=1S/C19H19FN2O5S/c1-23-15-10-12(11-16(24-2)17(15)25-3)18-21-22-19(27-18)28-9-8-26-14-6-4-13(20)5-7-14/h4-7,10-11H,8-9H2,1-3H3. The van der Waals surface area contributed by atoms with Gasteiger partial charge >= 0.3 is 0 Å². The van der Waals surface area contributed by atoms with Gasteiger partial charge in [-0.15, -0.1) is 10.2 Å². The van der Waals surface area contributed by atoms with Crippen molar-refractivity contribution in [1.82, 2.24) is 10.2 Å². The minimum Gasteiger partial charge on any atom is -0.493 e. The third kappa shape index (κ3) is 4.66. The Bertz CT molecular complexity index is 892. The van der Waals surface area contributed by atoms with Crippen LogP contribution in [0, 0.1) is 5.82 Å². The molecular formula is C19H19FN2O5S. The fourth-order valence-corrected chi connectivity index (χ4v) is 2.99. The molecule has 0 N–H and O–H groups in total. The van der Waals surface area contributed by atoms with Crippen LogP contribution >= 0.6 is 11.8 Å². The summed E-state index contributed by atoms with van der Waals surface area (Å²) in [7, 11) is 4.62. The van der Waals surface area contributed by atoms with Crippen LogP contribution in [0.4, 0.5) is 4.39 Å². The minimum atomic E-state index is -0.299. The third-order valence-electron chi connectivity index (χ3n) is 3.71. The SMILES string of the molecule is COc1cc(-c2nnc(SCCOc3ccc(F)cc3)o2)cc(OC)c1OC. The molecule has 0 atom stereocenters. The first-order valence-corrected chi connectivity index (χ1v) is 9.28. The number of aromatic nitrogens is 2. The number of hydrogen-bond donors (Lipinski definition) is 0. The minimum absolute atomic E-state index is 0.299. The average molecular weight is 406 g/mol. The number of nitrogens with zero attached hydrogens (tertiary/aromatic N) is 2. The summed E-state index contributed by atoms with van der Waals surface area (Å²) in [6, 6.07) is 9.33. The van der Waals surface area contributed by atoms with E-state index in [9.17, 15) is 4.39 Å². The Hall–Kier alpha value is -2.94. The average Bonchev–Trinajstić information content (AvgIpc) is 3.20. The lowest BCUT2D eigenvalue weighted by Gasteiger charge is -2.12. The van der Waals surface area contributed by atoms with Gasteiger partial charge < -0.3 is 23.4 Å². The monoisotopic (exact) mass is 406 g/mol. The highest BCUT2D eigenvalue weighted by molar-refractivity contribution is 7.99. The molecule has 0 aliphatic rings. The molecule has 1 aromatic heterocycles. The second-order valence-corrected chi connectivity index (χ2v) is 6.48. The van der Waals surface area contributed by atoms with Gasteiger partial charge in [-0.25, -0.2) is 4.39 Å². The molecule has 0 saturated heterocycles. The molecule has 7 nitrogen and oxygen atoms in total. The fourth-order valence-electron chi connectivity index (χ4n) is 2.41. The number of hydrogen-bond acceptors (Lipinski definition) is 8. The summed E-state index contributed by atoms with van der Waals surface area (Å²) in [6.45, 7) is 0.415. The first-order valence-electron chi connectivity index (χ1n) is 8.29. The Morgan fingerprint density at radius 2 is 1.64 bits per heavy atom. The van der Waals surface area contributed by atoms with Gasteiger partial charge in [0.05, 0.1) is 27.9 Å². The summed E-state index contributed by atoms with van der Waals surface area (Å²) in [6.07, 6.45) is 0. The van der Waals surface area contributed by atoms with E-state index in [4.69, 9.17) is 23.4 Å². The van der Waals surface area contributed by atoms with Crippen LogP contribution < -0.4 is 18.9 Å². The van der Waals surface area contributed by atoms with Gasteiger partial charge in [-0.1, -0.05) is 11.8 Å². The van der Waals surface area contributed by atoms with Gasteiger partial charge in [-0.2, -0.15) is 0 Å². The molecule has 3 aromatic rings. The molecule has 28 heavy (non-hydrogen) atoms. The zero-order chi connectivity index (χ0) is 19.9. The van der Waals surface area contributed by atoms with E-state index in [1.165, 1.54) is 45.2 Å². The van der Waals surface area contributed by atoms with Crippen molar-refractivity contribution in [3.8, 4) is 34.5 Å². The molecule has 0 radical (unpaired) electrons. The maximum Gasteiger partial charge on any atom is 0.276 e. The maximum absolute atomic E-state index is 12.9. The van der Waals surface area contributed by atoms with Crippen molar-refractivity contribution in [3.05, 3.63) is 42.2 Å². The van der Waals surface area contributed by atoms with E-state index in [-0.39, 0.29) is 5.82 Å². The third-order valence-corrected chi connectivity index (χ3v) is 4.49. The second-order valence-electron chi connectivity index (χ2n) is 5.44. The van der Waals surface area contributed by atoms with Gasteiger partial charge in [-0.3, -0.25) is 0 Å². The summed E-state index contributed by atoms with van der Waals surface area (Å²) in [5, 5.41) is 8.51. The van der Waals surface area contributed by atoms with Crippen LogP contribution in [0.15, 0.2) is 46.0 Å². The lowest BCUT2D eigenvalue weighted by Crippen LogP contribution is -1.99. The number of thioether (sulfide) groups is 1. The highest BCUT2D eigenvalue weighted by Gasteiger charge is 2.17. The van der Waals surface area contributed by atoms with E-state index in [1.54, 1.807) is 24.3 Å². The molecule has 3 rings (SSSR count). The van der Waals surface area contributed by atoms with Crippen molar-refractivity contribution >= 4 is 11.8 Å². The summed E-state index contributed by atoms with van der Waals surface area (Å²) < 4.78 is 40.1. The molecule has 0 saturated carbocycles. The van der Waals surface area contributed by atoms with Gasteiger partial charge in [0.15, 0.2) is 11.5 Å². The van der Waals surface area contributed by atoms with E-state index in [2.05, 4.69) is 10.2 Å². The van der Waals surface area contributed by atoms with E-state index in [0.29, 0.717) is 52.0 Å². The van der Waals surface area contributed by atoms with Crippen molar-refractivity contribution in [3.63, 3.8) is 0 Å². The van der Waals surface area contributed by atoms with Crippen LogP contribution in [0.5, 0.6) is 23.0 Å². The first kappa shape index (κ1) is 19.8. The molecular weight excluding hydrogens is 387 g/mol. The van der Waals surface area contributed by atoms with Gasteiger partial charge in [0.2, 0.25) is 11.6 Å². The zero-order valence-corrected chi connectivity index (χ0v) is 16.4. The van der Waals surface area contributed by atoms with Crippen molar-refractivity contribution < 1.29 is 27.8 Å². The van der Waals surface area contributed by atoms with Crippen molar-refractivity contribution in [2.24, 2.45) is 0 Å². The molecule has 0 spiro atoms. The summed E-state index contributed by atoms with van der Waals surface area (Å²) in [5.41, 5.74) is 0.649. The molecule has 2 aromatic carbocycles. The lowest BCUT2D eigenvalue weighted by atomic mass is 10.2. The topological polar surface area (TPSA) is 75.8 Å². The molecule has 0 aliphatic heterocycles. The van der Waals surface area contributed by atoms with E-state index in [1.807, 2.05) is 0 Å². The Labute approximate surface area is 165 Å². The molecule has 148 valence electrons. The molecule has 0 unspecified atom stereocenters. The van der Waals surface area contributed by atoms with Crippen LogP contribution in [-0.2, 0) is 0 Å². The first-order chi connectivity index (χ1) is 13.6.